The molecule has 2 amide bonds. The highest BCUT2D eigenvalue weighted by molar-refractivity contribution is 6.00. The summed E-state index contributed by atoms with van der Waals surface area (Å²) < 4.78 is 5.68. The van der Waals surface area contributed by atoms with Crippen molar-refractivity contribution >= 4 is 11.8 Å². The highest BCUT2D eigenvalue weighted by Gasteiger charge is 2.29. The molecule has 0 aliphatic carbocycles. The summed E-state index contributed by atoms with van der Waals surface area (Å²) in [7, 11) is 0. The number of amides is 2. The van der Waals surface area contributed by atoms with Crippen molar-refractivity contribution in [2.24, 2.45) is 5.73 Å². The second kappa shape index (κ2) is 6.49. The van der Waals surface area contributed by atoms with Gasteiger partial charge >= 0.3 is 0 Å². The van der Waals surface area contributed by atoms with Crippen molar-refractivity contribution in [3.63, 3.8) is 0 Å². The number of imide groups is 1. The number of ether oxygens (including phenoxy) is 1. The van der Waals surface area contributed by atoms with Gasteiger partial charge in [-0.1, -0.05) is 18.2 Å². The Kier molecular flexibility index (Phi) is 4.70. The van der Waals surface area contributed by atoms with Crippen molar-refractivity contribution in [1.29, 1.82) is 0 Å². The van der Waals surface area contributed by atoms with Crippen LogP contribution in [0.5, 0.6) is 5.75 Å². The molecule has 20 heavy (non-hydrogen) atoms. The van der Waals surface area contributed by atoms with E-state index in [4.69, 9.17) is 10.5 Å². The van der Waals surface area contributed by atoms with Gasteiger partial charge in [0.25, 0.3) is 0 Å². The molecule has 1 aliphatic rings. The molecule has 0 bridgehead atoms. The van der Waals surface area contributed by atoms with Crippen LogP contribution in [0.3, 0.4) is 0 Å². The van der Waals surface area contributed by atoms with Crippen LogP contribution in [0.1, 0.15) is 12.5 Å². The predicted molar refractivity (Wildman–Crippen MR) is 74.0 cm³/mol. The lowest BCUT2D eigenvalue weighted by Gasteiger charge is -2.31. The van der Waals surface area contributed by atoms with Gasteiger partial charge in [0.05, 0.1) is 12.6 Å². The van der Waals surface area contributed by atoms with Gasteiger partial charge in [0, 0.05) is 18.7 Å². The van der Waals surface area contributed by atoms with Gasteiger partial charge in [0.2, 0.25) is 11.8 Å². The molecule has 1 heterocycles. The minimum Gasteiger partial charge on any atom is -0.492 e. The number of carbonyl (C=O) groups is 2. The number of rotatable bonds is 5. The highest BCUT2D eigenvalue weighted by Crippen LogP contribution is 2.17. The average Bonchev–Trinajstić information content (AvgIpc) is 2.44. The Morgan fingerprint density at radius 3 is 2.90 bits per heavy atom. The molecule has 1 unspecified atom stereocenters. The van der Waals surface area contributed by atoms with E-state index in [1.165, 1.54) is 0 Å². The summed E-state index contributed by atoms with van der Waals surface area (Å²) >= 11 is 0. The van der Waals surface area contributed by atoms with Crippen LogP contribution in [-0.4, -0.2) is 42.5 Å². The van der Waals surface area contributed by atoms with Crippen molar-refractivity contribution in [2.45, 2.75) is 19.5 Å². The van der Waals surface area contributed by atoms with Gasteiger partial charge in [-0.2, -0.15) is 0 Å². The Hall–Kier alpha value is -1.92. The fourth-order valence-corrected chi connectivity index (χ4v) is 2.13. The van der Waals surface area contributed by atoms with Crippen LogP contribution >= 0.6 is 0 Å². The molecule has 1 atom stereocenters. The van der Waals surface area contributed by atoms with Crippen molar-refractivity contribution < 1.29 is 14.3 Å². The molecule has 1 aliphatic heterocycles. The molecular formula is C14H19N3O3. The molecule has 3 N–H and O–H groups in total. The summed E-state index contributed by atoms with van der Waals surface area (Å²) in [6, 6.07) is 7.25. The zero-order valence-corrected chi connectivity index (χ0v) is 11.5. The van der Waals surface area contributed by atoms with Gasteiger partial charge in [-0.25, -0.2) is 0 Å². The van der Waals surface area contributed by atoms with E-state index in [2.05, 4.69) is 5.32 Å². The number of carbonyl (C=O) groups excluding carboxylic acids is 2. The number of nitrogens with one attached hydrogen (secondary N) is 1. The van der Waals surface area contributed by atoms with E-state index >= 15 is 0 Å². The summed E-state index contributed by atoms with van der Waals surface area (Å²) in [5.41, 5.74) is 6.57. The number of benzene rings is 1. The summed E-state index contributed by atoms with van der Waals surface area (Å²) in [6.07, 6.45) is 0. The third-order valence-corrected chi connectivity index (χ3v) is 3.37. The maximum Gasteiger partial charge on any atom is 0.243 e. The lowest BCUT2D eigenvalue weighted by Crippen LogP contribution is -2.57. The van der Waals surface area contributed by atoms with Gasteiger partial charge < -0.3 is 10.5 Å². The normalized spacial score (nSPS) is 19.8. The fraction of sp³-hybridized carbons (Fsp3) is 0.429. The summed E-state index contributed by atoms with van der Waals surface area (Å²) in [4.78, 5) is 24.6. The minimum atomic E-state index is -0.318. The molecule has 2 rings (SSSR count). The van der Waals surface area contributed by atoms with Crippen LogP contribution < -0.4 is 15.8 Å². The molecule has 1 saturated heterocycles. The minimum absolute atomic E-state index is 0.217. The number of hydrogen-bond donors (Lipinski definition) is 2. The second-order valence-electron chi connectivity index (χ2n) is 4.72. The first-order valence-electron chi connectivity index (χ1n) is 6.60. The van der Waals surface area contributed by atoms with E-state index in [9.17, 15) is 9.59 Å². The van der Waals surface area contributed by atoms with E-state index < -0.39 is 0 Å². The van der Waals surface area contributed by atoms with Crippen molar-refractivity contribution in [1.82, 2.24) is 10.2 Å². The van der Waals surface area contributed by atoms with Crippen LogP contribution in [0.25, 0.3) is 0 Å². The third-order valence-electron chi connectivity index (χ3n) is 3.37. The molecular weight excluding hydrogens is 258 g/mol. The van der Waals surface area contributed by atoms with Crippen LogP contribution in [-0.2, 0) is 16.1 Å². The number of nitrogens with zero attached hydrogens (tertiary/aromatic N) is 1. The van der Waals surface area contributed by atoms with Crippen molar-refractivity contribution in [3.05, 3.63) is 29.8 Å². The fourth-order valence-electron chi connectivity index (χ4n) is 2.13. The maximum absolute atomic E-state index is 11.5. The Bertz CT molecular complexity index is 504. The summed E-state index contributed by atoms with van der Waals surface area (Å²) in [6.45, 7) is 3.32. The first kappa shape index (κ1) is 14.5. The lowest BCUT2D eigenvalue weighted by molar-refractivity contribution is -0.139. The first-order chi connectivity index (χ1) is 9.61. The Morgan fingerprint density at radius 1 is 1.40 bits per heavy atom. The number of piperazine rings is 1. The molecule has 1 aromatic rings. The van der Waals surface area contributed by atoms with Gasteiger partial charge in [-0.15, -0.1) is 0 Å². The highest BCUT2D eigenvalue weighted by atomic mass is 16.5. The van der Waals surface area contributed by atoms with Gasteiger partial charge in [-0.3, -0.25) is 19.8 Å². The molecule has 1 fully saturated rings. The molecule has 0 aromatic heterocycles. The summed E-state index contributed by atoms with van der Waals surface area (Å²) in [5.74, 6) is 0.217. The van der Waals surface area contributed by atoms with Crippen LogP contribution in [0.15, 0.2) is 24.3 Å². The zero-order valence-electron chi connectivity index (χ0n) is 11.5. The van der Waals surface area contributed by atoms with Crippen molar-refractivity contribution in [2.75, 3.05) is 19.7 Å². The van der Waals surface area contributed by atoms with E-state index in [1.54, 1.807) is 11.8 Å². The van der Waals surface area contributed by atoms with Gasteiger partial charge in [-0.05, 0) is 13.0 Å². The van der Waals surface area contributed by atoms with Gasteiger partial charge in [0.1, 0.15) is 12.4 Å². The average molecular weight is 277 g/mol. The number of para-hydroxylation sites is 1. The Labute approximate surface area is 117 Å². The first-order valence-corrected chi connectivity index (χ1v) is 6.60. The molecule has 0 radical (unpaired) electrons. The van der Waals surface area contributed by atoms with E-state index in [0.29, 0.717) is 19.7 Å². The zero-order chi connectivity index (χ0) is 14.5. The predicted octanol–water partition coefficient (Wildman–Crippen LogP) is -0.129. The van der Waals surface area contributed by atoms with Crippen LogP contribution in [0.4, 0.5) is 0 Å². The smallest absolute Gasteiger partial charge is 0.243 e. The molecule has 6 heteroatoms. The molecule has 1 aromatic carbocycles. The van der Waals surface area contributed by atoms with Crippen LogP contribution in [0, 0.1) is 0 Å². The number of hydrogen-bond acceptors (Lipinski definition) is 5. The Morgan fingerprint density at radius 2 is 2.15 bits per heavy atom. The SMILES string of the molecule is CC1C(=O)NC(=O)CN1CCOc1ccccc1CN. The van der Waals surface area contributed by atoms with E-state index in [-0.39, 0.29) is 24.4 Å². The molecule has 0 spiro atoms. The molecule has 6 nitrogen and oxygen atoms in total. The van der Waals surface area contributed by atoms with E-state index in [0.717, 1.165) is 11.3 Å². The number of nitrogens with two attached hydrogens (primary N) is 1. The molecule has 108 valence electrons. The van der Waals surface area contributed by atoms with E-state index in [1.807, 2.05) is 24.3 Å². The summed E-state index contributed by atoms with van der Waals surface area (Å²) in [5, 5.41) is 2.31. The topological polar surface area (TPSA) is 84.7 Å². The lowest BCUT2D eigenvalue weighted by atomic mass is 10.2. The Balaban J connectivity index is 1.89. The third kappa shape index (κ3) is 3.34. The maximum atomic E-state index is 11.5. The quantitative estimate of drug-likeness (QED) is 0.732. The standard InChI is InChI=1S/C14H19N3O3/c1-10-14(19)16-13(18)9-17(10)6-7-20-12-5-3-2-4-11(12)8-15/h2-5,10H,6-9,15H2,1H3,(H,16,18,19). The van der Waals surface area contributed by atoms with Crippen molar-refractivity contribution in [3.8, 4) is 5.75 Å². The second-order valence-corrected chi connectivity index (χ2v) is 4.72. The molecule has 0 saturated carbocycles. The van der Waals surface area contributed by atoms with Gasteiger partial charge in [0.15, 0.2) is 0 Å². The largest absolute Gasteiger partial charge is 0.492 e. The van der Waals surface area contributed by atoms with Crippen LogP contribution in [0.2, 0.25) is 0 Å². The monoisotopic (exact) mass is 277 g/mol.